The number of thioether (sulfide) groups is 1. The molecule has 1 amide bonds. The van der Waals surface area contributed by atoms with Gasteiger partial charge in [0.1, 0.15) is 0 Å². The smallest absolute Gasteiger partial charge is 0.220 e. The molecule has 2 aliphatic carbocycles. The number of nitrogens with one attached hydrogen (secondary N) is 2. The number of rotatable bonds is 5. The van der Waals surface area contributed by atoms with Gasteiger partial charge >= 0.3 is 0 Å². The molecule has 0 aromatic heterocycles. The Hall–Kier alpha value is -0.710. The highest BCUT2D eigenvalue weighted by atomic mass is 32.2. The van der Waals surface area contributed by atoms with Crippen molar-refractivity contribution in [2.75, 3.05) is 12.3 Å². The van der Waals surface area contributed by atoms with Crippen LogP contribution in [0.2, 0.25) is 0 Å². The largest absolute Gasteiger partial charge is 0.359 e. The zero-order chi connectivity index (χ0) is 14.7. The molecule has 118 valence electrons. The molecule has 2 N–H and O–H groups in total. The summed E-state index contributed by atoms with van der Waals surface area (Å²) in [5.74, 6) is 2.19. The zero-order valence-electron chi connectivity index (χ0n) is 13.0. The second-order valence-corrected chi connectivity index (χ2v) is 7.99. The van der Waals surface area contributed by atoms with Gasteiger partial charge in [0.05, 0.1) is 0 Å². The molecule has 0 aromatic carbocycles. The summed E-state index contributed by atoms with van der Waals surface area (Å²) in [5, 5.41) is 7.81. The minimum atomic E-state index is 0.197. The van der Waals surface area contributed by atoms with Crippen LogP contribution < -0.4 is 10.6 Å². The molecule has 1 saturated heterocycles. The van der Waals surface area contributed by atoms with Crippen LogP contribution in [0.5, 0.6) is 0 Å². The minimum Gasteiger partial charge on any atom is -0.359 e. The average Bonchev–Trinajstić information content (AvgIpc) is 3.17. The van der Waals surface area contributed by atoms with Gasteiger partial charge in [-0.15, -0.1) is 0 Å². The molecule has 2 saturated carbocycles. The zero-order valence-corrected chi connectivity index (χ0v) is 13.8. The Morgan fingerprint density at radius 3 is 3.10 bits per heavy atom. The summed E-state index contributed by atoms with van der Waals surface area (Å²) in [7, 11) is 0. The maximum Gasteiger partial charge on any atom is 0.220 e. The van der Waals surface area contributed by atoms with E-state index in [0.29, 0.717) is 18.0 Å². The number of carbonyl (C=O) groups is 1. The number of hydrogen-bond acceptors (Lipinski definition) is 3. The van der Waals surface area contributed by atoms with Crippen LogP contribution in [-0.2, 0) is 4.79 Å². The van der Waals surface area contributed by atoms with Gasteiger partial charge in [-0.05, 0) is 38.0 Å². The van der Waals surface area contributed by atoms with Crippen LogP contribution >= 0.6 is 11.8 Å². The van der Waals surface area contributed by atoms with Gasteiger partial charge in [0.25, 0.3) is 0 Å². The Bertz CT molecular complexity index is 422. The van der Waals surface area contributed by atoms with Crippen LogP contribution in [0.25, 0.3) is 0 Å². The summed E-state index contributed by atoms with van der Waals surface area (Å²) < 4.78 is 0. The Morgan fingerprint density at radius 1 is 1.48 bits per heavy atom. The molecule has 5 heteroatoms. The molecule has 3 fully saturated rings. The predicted octanol–water partition coefficient (Wildman–Crippen LogP) is 2.69. The molecule has 3 rings (SSSR count). The van der Waals surface area contributed by atoms with E-state index in [1.165, 1.54) is 31.4 Å². The van der Waals surface area contributed by atoms with E-state index in [2.05, 4.69) is 22.5 Å². The lowest BCUT2D eigenvalue weighted by atomic mass is 9.78. The number of nitrogens with zero attached hydrogens (tertiary/aromatic N) is 1. The highest BCUT2D eigenvalue weighted by molar-refractivity contribution is 8.14. The van der Waals surface area contributed by atoms with E-state index in [4.69, 9.17) is 0 Å². The quantitative estimate of drug-likeness (QED) is 0.768. The molecule has 0 radical (unpaired) electrons. The highest BCUT2D eigenvalue weighted by Gasteiger charge is 2.40. The molecule has 2 unspecified atom stereocenters. The fourth-order valence-corrected chi connectivity index (χ4v) is 4.66. The molecular formula is C16H27N3OS. The van der Waals surface area contributed by atoms with Gasteiger partial charge in [0, 0.05) is 30.3 Å². The minimum absolute atomic E-state index is 0.197. The Balaban J connectivity index is 1.38. The first-order chi connectivity index (χ1) is 10.2. The van der Waals surface area contributed by atoms with Crippen molar-refractivity contribution < 1.29 is 4.79 Å². The Labute approximate surface area is 131 Å². The molecular weight excluding hydrogens is 282 g/mol. The van der Waals surface area contributed by atoms with E-state index in [9.17, 15) is 4.79 Å². The third-order valence-electron chi connectivity index (χ3n) is 4.71. The molecule has 4 nitrogen and oxygen atoms in total. The fraction of sp³-hybridized carbons (Fsp3) is 0.875. The Kier molecular flexibility index (Phi) is 4.77. The van der Waals surface area contributed by atoms with Gasteiger partial charge in [-0.25, -0.2) is 0 Å². The lowest BCUT2D eigenvalue weighted by molar-refractivity contribution is -0.121. The van der Waals surface area contributed by atoms with Crippen LogP contribution in [-0.4, -0.2) is 35.0 Å². The van der Waals surface area contributed by atoms with Gasteiger partial charge in [-0.1, -0.05) is 31.5 Å². The van der Waals surface area contributed by atoms with E-state index >= 15 is 0 Å². The fourth-order valence-electron chi connectivity index (χ4n) is 3.44. The lowest BCUT2D eigenvalue weighted by Gasteiger charge is -2.36. The normalized spacial score (nSPS) is 34.1. The Morgan fingerprint density at radius 2 is 2.33 bits per heavy atom. The molecule has 0 bridgehead atoms. The van der Waals surface area contributed by atoms with E-state index in [1.807, 2.05) is 11.8 Å². The van der Waals surface area contributed by atoms with Crippen LogP contribution in [0.1, 0.15) is 58.3 Å². The SMILES string of the molecule is CC1CCCC2(CSC(=NCCCC(=O)NC3CC3)N2)C1. The summed E-state index contributed by atoms with van der Waals surface area (Å²) in [6.07, 6.45) is 9.06. The van der Waals surface area contributed by atoms with Crippen LogP contribution in [0.15, 0.2) is 4.99 Å². The van der Waals surface area contributed by atoms with Crippen molar-refractivity contribution in [2.24, 2.45) is 10.9 Å². The molecule has 3 aliphatic rings. The van der Waals surface area contributed by atoms with E-state index in [1.54, 1.807) is 0 Å². The first-order valence-corrected chi connectivity index (χ1v) is 9.39. The topological polar surface area (TPSA) is 53.5 Å². The van der Waals surface area contributed by atoms with Crippen LogP contribution in [0.4, 0.5) is 0 Å². The van der Waals surface area contributed by atoms with Crippen molar-refractivity contribution >= 4 is 22.8 Å². The molecule has 1 heterocycles. The summed E-state index contributed by atoms with van der Waals surface area (Å²) in [6, 6.07) is 0.476. The van der Waals surface area contributed by atoms with E-state index in [-0.39, 0.29) is 5.91 Å². The monoisotopic (exact) mass is 309 g/mol. The highest BCUT2D eigenvalue weighted by Crippen LogP contribution is 2.38. The van der Waals surface area contributed by atoms with Gasteiger partial charge in [-0.2, -0.15) is 0 Å². The number of amides is 1. The average molecular weight is 309 g/mol. The van der Waals surface area contributed by atoms with Crippen molar-refractivity contribution in [1.29, 1.82) is 0 Å². The lowest BCUT2D eigenvalue weighted by Crippen LogP contribution is -2.47. The van der Waals surface area contributed by atoms with Gasteiger partial charge in [0.15, 0.2) is 5.17 Å². The van der Waals surface area contributed by atoms with Crippen molar-refractivity contribution in [2.45, 2.75) is 69.9 Å². The number of carbonyl (C=O) groups excluding carboxylic acids is 1. The summed E-state index contributed by atoms with van der Waals surface area (Å²) in [5.41, 5.74) is 0.310. The first-order valence-electron chi connectivity index (χ1n) is 8.40. The first kappa shape index (κ1) is 15.2. The molecule has 1 aliphatic heterocycles. The van der Waals surface area contributed by atoms with Gasteiger partial charge in [-0.3, -0.25) is 9.79 Å². The van der Waals surface area contributed by atoms with Gasteiger partial charge < -0.3 is 10.6 Å². The third kappa shape index (κ3) is 4.38. The maximum atomic E-state index is 11.6. The number of hydrogen-bond donors (Lipinski definition) is 2. The van der Waals surface area contributed by atoms with Crippen LogP contribution in [0, 0.1) is 5.92 Å². The van der Waals surface area contributed by atoms with Crippen molar-refractivity contribution in [3.8, 4) is 0 Å². The summed E-state index contributed by atoms with van der Waals surface area (Å²) in [4.78, 5) is 16.2. The second kappa shape index (κ2) is 6.59. The predicted molar refractivity (Wildman–Crippen MR) is 88.7 cm³/mol. The van der Waals surface area contributed by atoms with Gasteiger partial charge in [0.2, 0.25) is 5.91 Å². The summed E-state index contributed by atoms with van der Waals surface area (Å²) in [6.45, 7) is 3.12. The van der Waals surface area contributed by atoms with Crippen molar-refractivity contribution in [3.05, 3.63) is 0 Å². The molecule has 2 atom stereocenters. The van der Waals surface area contributed by atoms with E-state index in [0.717, 1.165) is 36.9 Å². The molecule has 21 heavy (non-hydrogen) atoms. The molecule has 0 aromatic rings. The third-order valence-corrected chi connectivity index (χ3v) is 5.91. The van der Waals surface area contributed by atoms with Crippen molar-refractivity contribution in [3.63, 3.8) is 0 Å². The molecule has 1 spiro atoms. The number of aliphatic imine (C=N–C) groups is 1. The van der Waals surface area contributed by atoms with Crippen molar-refractivity contribution in [1.82, 2.24) is 10.6 Å². The number of amidine groups is 1. The van der Waals surface area contributed by atoms with Crippen LogP contribution in [0.3, 0.4) is 0 Å². The summed E-state index contributed by atoms with van der Waals surface area (Å²) >= 11 is 1.87. The maximum absolute atomic E-state index is 11.6. The second-order valence-electron chi connectivity index (χ2n) is 7.03. The van der Waals surface area contributed by atoms with E-state index < -0.39 is 0 Å². The standard InChI is InChI=1S/C16H27N3OS/c1-12-4-2-8-16(10-12)11-21-15(19-16)17-9-3-5-14(20)18-13-6-7-13/h12-13H,2-11H2,1H3,(H,17,19)(H,18,20).